The number of allylic oxidation sites excluding steroid dienone is 1. The van der Waals surface area contributed by atoms with Gasteiger partial charge in [0.25, 0.3) is 0 Å². The van der Waals surface area contributed by atoms with Gasteiger partial charge in [-0.2, -0.15) is 0 Å². The number of esters is 1. The predicted octanol–water partition coefficient (Wildman–Crippen LogP) is 4.81. The Balaban J connectivity index is 1.63. The average molecular weight is 358 g/mol. The zero-order chi connectivity index (χ0) is 19.1. The van der Waals surface area contributed by atoms with Gasteiger partial charge < -0.3 is 9.47 Å². The summed E-state index contributed by atoms with van der Waals surface area (Å²) in [5.74, 6) is 0.583. The summed E-state index contributed by atoms with van der Waals surface area (Å²) in [6, 6.07) is 22.6. The van der Waals surface area contributed by atoms with Crippen LogP contribution in [-0.4, -0.2) is 18.9 Å². The number of benzene rings is 3. The summed E-state index contributed by atoms with van der Waals surface area (Å²) < 4.78 is 10.4. The summed E-state index contributed by atoms with van der Waals surface area (Å²) in [6.07, 6.45) is 3.25. The molecule has 3 aromatic carbocycles. The molecule has 0 aliphatic carbocycles. The lowest BCUT2D eigenvalue weighted by Gasteiger charge is -2.05. The van der Waals surface area contributed by atoms with Gasteiger partial charge in [-0.05, 0) is 60.2 Å². The third-order valence-electron chi connectivity index (χ3n) is 3.90. The van der Waals surface area contributed by atoms with E-state index in [1.165, 1.54) is 6.08 Å². The van der Waals surface area contributed by atoms with Crippen molar-refractivity contribution in [3.63, 3.8) is 0 Å². The minimum atomic E-state index is -0.436. The van der Waals surface area contributed by atoms with Gasteiger partial charge in [0.1, 0.15) is 11.5 Å². The average Bonchev–Trinajstić information content (AvgIpc) is 2.73. The third-order valence-corrected chi connectivity index (χ3v) is 3.90. The van der Waals surface area contributed by atoms with Crippen LogP contribution in [0.5, 0.6) is 11.5 Å². The van der Waals surface area contributed by atoms with Crippen molar-refractivity contribution >= 4 is 17.8 Å². The van der Waals surface area contributed by atoms with Crippen LogP contribution in [0.2, 0.25) is 0 Å². The fourth-order valence-corrected chi connectivity index (χ4v) is 2.41. The zero-order valence-electron chi connectivity index (χ0n) is 14.8. The molecule has 4 heteroatoms. The minimum Gasteiger partial charge on any atom is -0.497 e. The van der Waals surface area contributed by atoms with Crippen LogP contribution in [0.3, 0.4) is 0 Å². The molecule has 3 rings (SSSR count). The van der Waals surface area contributed by atoms with E-state index < -0.39 is 5.97 Å². The number of carbonyl (C=O) groups excluding carboxylic acids is 2. The molecule has 0 aromatic heterocycles. The van der Waals surface area contributed by atoms with Crippen molar-refractivity contribution in [2.45, 2.75) is 0 Å². The summed E-state index contributed by atoms with van der Waals surface area (Å²) in [5.41, 5.74) is 1.89. The van der Waals surface area contributed by atoms with Crippen LogP contribution in [0.25, 0.3) is 6.08 Å². The van der Waals surface area contributed by atoms with Gasteiger partial charge in [-0.3, -0.25) is 4.79 Å². The molecular formula is C23H18O4. The highest BCUT2D eigenvalue weighted by Crippen LogP contribution is 2.16. The van der Waals surface area contributed by atoms with Crippen molar-refractivity contribution in [3.05, 3.63) is 102 Å². The predicted molar refractivity (Wildman–Crippen MR) is 104 cm³/mol. The normalized spacial score (nSPS) is 10.6. The molecule has 0 N–H and O–H groups in total. The topological polar surface area (TPSA) is 52.6 Å². The molecule has 0 bridgehead atoms. The van der Waals surface area contributed by atoms with Crippen molar-refractivity contribution in [2.75, 3.05) is 7.11 Å². The Labute approximate surface area is 157 Å². The molecule has 0 aliphatic heterocycles. The largest absolute Gasteiger partial charge is 0.497 e. The smallest absolute Gasteiger partial charge is 0.343 e. The molecular weight excluding hydrogens is 340 g/mol. The van der Waals surface area contributed by atoms with E-state index in [0.717, 1.165) is 11.3 Å². The van der Waals surface area contributed by atoms with Gasteiger partial charge in [0.2, 0.25) is 0 Å². The van der Waals surface area contributed by atoms with Crippen molar-refractivity contribution in [3.8, 4) is 11.5 Å². The molecule has 0 saturated heterocycles. The van der Waals surface area contributed by atoms with E-state index in [9.17, 15) is 9.59 Å². The fourth-order valence-electron chi connectivity index (χ4n) is 2.41. The Morgan fingerprint density at radius 2 is 1.37 bits per heavy atom. The van der Waals surface area contributed by atoms with Gasteiger partial charge in [0.05, 0.1) is 12.7 Å². The van der Waals surface area contributed by atoms with E-state index in [0.29, 0.717) is 16.9 Å². The number of hydrogen-bond donors (Lipinski definition) is 0. The first kappa shape index (κ1) is 18.1. The van der Waals surface area contributed by atoms with E-state index in [1.807, 2.05) is 30.3 Å². The second-order valence-corrected chi connectivity index (χ2v) is 5.75. The van der Waals surface area contributed by atoms with Crippen molar-refractivity contribution in [1.29, 1.82) is 0 Å². The molecule has 0 saturated carbocycles. The highest BCUT2D eigenvalue weighted by Gasteiger charge is 2.08. The lowest BCUT2D eigenvalue weighted by atomic mass is 10.1. The van der Waals surface area contributed by atoms with Crippen LogP contribution < -0.4 is 9.47 Å². The van der Waals surface area contributed by atoms with Crippen LogP contribution in [0.15, 0.2) is 84.9 Å². The maximum absolute atomic E-state index is 12.3. The van der Waals surface area contributed by atoms with Gasteiger partial charge in [-0.1, -0.05) is 36.4 Å². The zero-order valence-corrected chi connectivity index (χ0v) is 14.8. The Morgan fingerprint density at radius 1 is 0.741 bits per heavy atom. The number of methoxy groups -OCH3 is 1. The summed E-state index contributed by atoms with van der Waals surface area (Å²) in [4.78, 5) is 24.3. The molecule has 0 aliphatic rings. The highest BCUT2D eigenvalue weighted by molar-refractivity contribution is 6.06. The first-order chi connectivity index (χ1) is 13.2. The Kier molecular flexibility index (Phi) is 5.80. The molecule has 0 amide bonds. The Hall–Kier alpha value is -3.66. The Morgan fingerprint density at radius 3 is 2.00 bits per heavy atom. The molecule has 0 fully saturated rings. The SMILES string of the molecule is COc1ccc(C=CC(=O)c2ccc(OC(=O)c3ccccc3)cc2)cc1. The monoisotopic (exact) mass is 358 g/mol. The summed E-state index contributed by atoms with van der Waals surface area (Å²) in [5, 5.41) is 0. The van der Waals surface area contributed by atoms with Crippen molar-refractivity contribution in [2.24, 2.45) is 0 Å². The molecule has 0 unspecified atom stereocenters. The van der Waals surface area contributed by atoms with Gasteiger partial charge in [-0.15, -0.1) is 0 Å². The number of ether oxygens (including phenoxy) is 2. The van der Waals surface area contributed by atoms with E-state index in [-0.39, 0.29) is 5.78 Å². The van der Waals surface area contributed by atoms with E-state index in [1.54, 1.807) is 61.7 Å². The minimum absolute atomic E-state index is 0.133. The van der Waals surface area contributed by atoms with Crippen LogP contribution in [0.1, 0.15) is 26.3 Å². The standard InChI is InChI=1S/C23H18O4/c1-26-20-12-7-17(8-13-20)9-16-22(24)18-10-14-21(15-11-18)27-23(25)19-5-3-2-4-6-19/h2-16H,1H3. The van der Waals surface area contributed by atoms with Crippen molar-refractivity contribution in [1.82, 2.24) is 0 Å². The van der Waals surface area contributed by atoms with Gasteiger partial charge >= 0.3 is 5.97 Å². The number of hydrogen-bond acceptors (Lipinski definition) is 4. The molecule has 4 nitrogen and oxygen atoms in total. The quantitative estimate of drug-likeness (QED) is 0.275. The molecule has 0 spiro atoms. The third kappa shape index (κ3) is 4.92. The maximum atomic E-state index is 12.3. The summed E-state index contributed by atoms with van der Waals surface area (Å²) >= 11 is 0. The number of carbonyl (C=O) groups is 2. The van der Waals surface area contributed by atoms with Crippen LogP contribution in [0, 0.1) is 0 Å². The number of rotatable bonds is 6. The lowest BCUT2D eigenvalue weighted by Crippen LogP contribution is -2.08. The summed E-state index contributed by atoms with van der Waals surface area (Å²) in [6.45, 7) is 0. The molecule has 0 radical (unpaired) electrons. The van der Waals surface area contributed by atoms with E-state index in [4.69, 9.17) is 9.47 Å². The van der Waals surface area contributed by atoms with Crippen molar-refractivity contribution < 1.29 is 19.1 Å². The van der Waals surface area contributed by atoms with E-state index in [2.05, 4.69) is 0 Å². The van der Waals surface area contributed by atoms with Crippen LogP contribution in [-0.2, 0) is 0 Å². The van der Waals surface area contributed by atoms with Crippen LogP contribution in [0.4, 0.5) is 0 Å². The number of ketones is 1. The maximum Gasteiger partial charge on any atom is 0.343 e. The molecule has 27 heavy (non-hydrogen) atoms. The molecule has 134 valence electrons. The lowest BCUT2D eigenvalue weighted by molar-refractivity contribution is 0.0734. The second-order valence-electron chi connectivity index (χ2n) is 5.75. The first-order valence-electron chi connectivity index (χ1n) is 8.39. The van der Waals surface area contributed by atoms with Gasteiger partial charge in [0, 0.05) is 5.56 Å². The second kappa shape index (κ2) is 8.63. The molecule has 0 atom stereocenters. The molecule has 3 aromatic rings. The summed E-state index contributed by atoms with van der Waals surface area (Å²) in [7, 11) is 1.61. The molecule has 0 heterocycles. The van der Waals surface area contributed by atoms with Gasteiger partial charge in [0.15, 0.2) is 5.78 Å². The van der Waals surface area contributed by atoms with Crippen LogP contribution >= 0.6 is 0 Å². The fraction of sp³-hybridized carbons (Fsp3) is 0.0435. The highest BCUT2D eigenvalue weighted by atomic mass is 16.5. The first-order valence-corrected chi connectivity index (χ1v) is 8.39. The Bertz CT molecular complexity index is 940. The van der Waals surface area contributed by atoms with E-state index >= 15 is 0 Å². The van der Waals surface area contributed by atoms with Gasteiger partial charge in [-0.25, -0.2) is 4.79 Å².